The zero-order valence-corrected chi connectivity index (χ0v) is 13.6. The predicted octanol–water partition coefficient (Wildman–Crippen LogP) is 2.61. The molecule has 0 aliphatic rings. The van der Waals surface area contributed by atoms with Gasteiger partial charge in [-0.05, 0) is 26.7 Å². The van der Waals surface area contributed by atoms with Gasteiger partial charge < -0.3 is 15.2 Å². The van der Waals surface area contributed by atoms with Crippen LogP contribution in [0.2, 0.25) is 0 Å². The fourth-order valence-corrected chi connectivity index (χ4v) is 2.16. The molecule has 0 radical (unpaired) electrons. The minimum atomic E-state index is 0.337. The van der Waals surface area contributed by atoms with E-state index in [0.29, 0.717) is 11.8 Å². The molecule has 0 saturated heterocycles. The van der Waals surface area contributed by atoms with Gasteiger partial charge in [-0.3, -0.25) is 4.99 Å². The fraction of sp³-hybridized carbons (Fsp3) is 0.733. The van der Waals surface area contributed by atoms with E-state index in [-0.39, 0.29) is 0 Å². The highest BCUT2D eigenvalue weighted by Crippen LogP contribution is 2.22. The Hall–Kier alpha value is -1.52. The normalized spacial score (nSPS) is 13.7. The minimum Gasteiger partial charge on any atom is -0.361 e. The molecule has 1 aromatic heterocycles. The number of aryl methyl sites for hydroxylation is 2. The second-order valence-corrected chi connectivity index (χ2v) is 5.63. The largest absolute Gasteiger partial charge is 0.361 e. The number of rotatable bonds is 6. The summed E-state index contributed by atoms with van der Waals surface area (Å²) in [7, 11) is 0. The van der Waals surface area contributed by atoms with Crippen molar-refractivity contribution in [3.8, 4) is 0 Å². The van der Waals surface area contributed by atoms with Gasteiger partial charge in [-0.15, -0.1) is 0 Å². The molecular formula is C15H28N4O. The van der Waals surface area contributed by atoms with Crippen LogP contribution >= 0.6 is 0 Å². The van der Waals surface area contributed by atoms with E-state index >= 15 is 0 Å². The molecule has 1 aromatic rings. The van der Waals surface area contributed by atoms with Crippen LogP contribution in [0.5, 0.6) is 0 Å². The third-order valence-corrected chi connectivity index (χ3v) is 3.12. The van der Waals surface area contributed by atoms with Crippen LogP contribution < -0.4 is 10.6 Å². The van der Waals surface area contributed by atoms with E-state index in [9.17, 15) is 0 Å². The van der Waals surface area contributed by atoms with Gasteiger partial charge in [0.05, 0.1) is 5.69 Å². The van der Waals surface area contributed by atoms with Crippen molar-refractivity contribution in [1.29, 1.82) is 0 Å². The molecular weight excluding hydrogens is 252 g/mol. The number of guanidine groups is 1. The molecule has 5 heteroatoms. The van der Waals surface area contributed by atoms with E-state index in [1.165, 1.54) is 5.56 Å². The quantitative estimate of drug-likeness (QED) is 0.621. The molecule has 0 bridgehead atoms. The van der Waals surface area contributed by atoms with E-state index in [2.05, 4.69) is 48.5 Å². The Labute approximate surface area is 122 Å². The highest BCUT2D eigenvalue weighted by atomic mass is 16.5. The number of hydrogen-bond acceptors (Lipinski definition) is 3. The molecule has 1 unspecified atom stereocenters. The van der Waals surface area contributed by atoms with Gasteiger partial charge >= 0.3 is 0 Å². The summed E-state index contributed by atoms with van der Waals surface area (Å²) in [4.78, 5) is 4.57. The molecule has 1 atom stereocenters. The van der Waals surface area contributed by atoms with Crippen LogP contribution in [0.4, 0.5) is 0 Å². The molecule has 0 spiro atoms. The van der Waals surface area contributed by atoms with Crippen LogP contribution in [0, 0.1) is 19.8 Å². The molecule has 0 saturated carbocycles. The van der Waals surface area contributed by atoms with Crippen molar-refractivity contribution in [2.24, 2.45) is 10.9 Å². The van der Waals surface area contributed by atoms with Crippen molar-refractivity contribution in [3.05, 3.63) is 17.0 Å². The van der Waals surface area contributed by atoms with Gasteiger partial charge in [-0.2, -0.15) is 0 Å². The van der Waals surface area contributed by atoms with E-state index in [1.54, 1.807) is 0 Å². The van der Waals surface area contributed by atoms with Crippen molar-refractivity contribution < 1.29 is 4.52 Å². The minimum absolute atomic E-state index is 0.337. The van der Waals surface area contributed by atoms with Crippen LogP contribution in [0.25, 0.3) is 0 Å². The molecule has 0 fully saturated rings. The summed E-state index contributed by atoms with van der Waals surface area (Å²) < 4.78 is 5.23. The van der Waals surface area contributed by atoms with Gasteiger partial charge in [0.25, 0.3) is 0 Å². The van der Waals surface area contributed by atoms with Gasteiger partial charge in [0.15, 0.2) is 5.96 Å². The average molecular weight is 280 g/mol. The Morgan fingerprint density at radius 1 is 1.25 bits per heavy atom. The molecule has 1 heterocycles. The van der Waals surface area contributed by atoms with E-state index < -0.39 is 0 Å². The van der Waals surface area contributed by atoms with Crippen LogP contribution in [0.15, 0.2) is 9.52 Å². The lowest BCUT2D eigenvalue weighted by Gasteiger charge is -2.16. The number of aliphatic imine (C=N–C) groups is 1. The summed E-state index contributed by atoms with van der Waals surface area (Å²) >= 11 is 0. The van der Waals surface area contributed by atoms with Gasteiger partial charge in [-0.25, -0.2) is 0 Å². The molecule has 0 amide bonds. The van der Waals surface area contributed by atoms with Crippen molar-refractivity contribution >= 4 is 5.96 Å². The second kappa shape index (κ2) is 7.92. The molecule has 0 aliphatic heterocycles. The van der Waals surface area contributed by atoms with Crippen molar-refractivity contribution in [1.82, 2.24) is 15.8 Å². The van der Waals surface area contributed by atoms with Gasteiger partial charge in [0, 0.05) is 31.1 Å². The Morgan fingerprint density at radius 2 is 1.95 bits per heavy atom. The van der Waals surface area contributed by atoms with Crippen molar-refractivity contribution in [2.45, 2.75) is 47.5 Å². The summed E-state index contributed by atoms with van der Waals surface area (Å²) in [6, 6.07) is 0. The molecule has 20 heavy (non-hydrogen) atoms. The van der Waals surface area contributed by atoms with Crippen molar-refractivity contribution in [3.63, 3.8) is 0 Å². The summed E-state index contributed by atoms with van der Waals surface area (Å²) in [5.74, 6) is 2.68. The Kier molecular flexibility index (Phi) is 6.55. The van der Waals surface area contributed by atoms with Crippen LogP contribution in [0.3, 0.4) is 0 Å². The van der Waals surface area contributed by atoms with Gasteiger partial charge in [0.1, 0.15) is 5.76 Å². The predicted molar refractivity (Wildman–Crippen MR) is 83.2 cm³/mol. The summed E-state index contributed by atoms with van der Waals surface area (Å²) in [5, 5.41) is 10.7. The lowest BCUT2D eigenvalue weighted by molar-refractivity contribution is 0.391. The number of aromatic nitrogens is 1. The standard InChI is InChI=1S/C15H28N4O/c1-7-16-15(17-8-10(2)3)18-9-11(4)14-12(5)19-20-13(14)6/h10-11H,7-9H2,1-6H3,(H2,16,17,18). The summed E-state index contributed by atoms with van der Waals surface area (Å²) in [6.45, 7) is 15.0. The molecule has 0 aromatic carbocycles. The Morgan fingerprint density at radius 3 is 2.45 bits per heavy atom. The smallest absolute Gasteiger partial charge is 0.191 e. The Bertz CT molecular complexity index is 418. The number of nitrogens with one attached hydrogen (secondary N) is 2. The lowest BCUT2D eigenvalue weighted by atomic mass is 10.00. The fourth-order valence-electron chi connectivity index (χ4n) is 2.16. The average Bonchev–Trinajstić information content (AvgIpc) is 2.72. The molecule has 114 valence electrons. The molecule has 1 rings (SSSR count). The van der Waals surface area contributed by atoms with E-state index in [1.807, 2.05) is 13.8 Å². The lowest BCUT2D eigenvalue weighted by Crippen LogP contribution is -2.39. The second-order valence-electron chi connectivity index (χ2n) is 5.63. The monoisotopic (exact) mass is 280 g/mol. The highest BCUT2D eigenvalue weighted by molar-refractivity contribution is 5.79. The maximum atomic E-state index is 5.23. The maximum Gasteiger partial charge on any atom is 0.191 e. The third kappa shape index (κ3) is 4.87. The first-order valence-corrected chi connectivity index (χ1v) is 7.40. The van der Waals surface area contributed by atoms with Gasteiger partial charge in [-0.1, -0.05) is 25.9 Å². The van der Waals surface area contributed by atoms with Crippen LogP contribution in [-0.2, 0) is 0 Å². The topological polar surface area (TPSA) is 62.5 Å². The maximum absolute atomic E-state index is 5.23. The molecule has 0 aliphatic carbocycles. The molecule has 5 nitrogen and oxygen atoms in total. The third-order valence-electron chi connectivity index (χ3n) is 3.12. The SMILES string of the molecule is CCNC(=NCC(C)C)NCC(C)c1c(C)noc1C. The van der Waals surface area contributed by atoms with Crippen molar-refractivity contribution in [2.75, 3.05) is 19.6 Å². The first-order valence-electron chi connectivity index (χ1n) is 7.40. The number of nitrogens with zero attached hydrogens (tertiary/aromatic N) is 2. The number of hydrogen-bond donors (Lipinski definition) is 2. The van der Waals surface area contributed by atoms with E-state index in [0.717, 1.165) is 37.0 Å². The first-order chi connectivity index (χ1) is 9.45. The van der Waals surface area contributed by atoms with Crippen LogP contribution in [-0.4, -0.2) is 30.8 Å². The Balaban J connectivity index is 2.61. The van der Waals surface area contributed by atoms with E-state index in [4.69, 9.17) is 4.52 Å². The summed E-state index contributed by atoms with van der Waals surface area (Å²) in [6.07, 6.45) is 0. The summed E-state index contributed by atoms with van der Waals surface area (Å²) in [5.41, 5.74) is 2.16. The van der Waals surface area contributed by atoms with Gasteiger partial charge in [0.2, 0.25) is 0 Å². The zero-order chi connectivity index (χ0) is 15.1. The zero-order valence-electron chi connectivity index (χ0n) is 13.6. The van der Waals surface area contributed by atoms with Crippen LogP contribution in [0.1, 0.15) is 50.6 Å². The molecule has 2 N–H and O–H groups in total. The first kappa shape index (κ1) is 16.5. The highest BCUT2D eigenvalue weighted by Gasteiger charge is 2.16.